The maximum Gasteiger partial charge on any atom is 0.256 e. The van der Waals surface area contributed by atoms with Crippen LogP contribution in [0.1, 0.15) is 36.0 Å². The van der Waals surface area contributed by atoms with Crippen LogP contribution in [-0.2, 0) is 0 Å². The normalized spacial score (nSPS) is 15.1. The average molecular weight is 314 g/mol. The standard InChI is InChI=1S/C17H19FN4O/c18-14-6-5-7-15(10-14)21-17-19-11-13(12-20-17)16(23)22-8-3-1-2-4-9-22/h5-7,10-12H,1-4,8-9H2,(H,19,20,21). The van der Waals surface area contributed by atoms with Gasteiger partial charge in [0.1, 0.15) is 5.82 Å². The molecule has 1 aliphatic heterocycles. The predicted molar refractivity (Wildman–Crippen MR) is 86.1 cm³/mol. The minimum Gasteiger partial charge on any atom is -0.339 e. The van der Waals surface area contributed by atoms with Crippen LogP contribution >= 0.6 is 0 Å². The van der Waals surface area contributed by atoms with Gasteiger partial charge in [-0.15, -0.1) is 0 Å². The van der Waals surface area contributed by atoms with Gasteiger partial charge in [-0.1, -0.05) is 18.9 Å². The summed E-state index contributed by atoms with van der Waals surface area (Å²) >= 11 is 0. The molecule has 0 atom stereocenters. The Morgan fingerprint density at radius 3 is 2.43 bits per heavy atom. The lowest BCUT2D eigenvalue weighted by Gasteiger charge is -2.19. The summed E-state index contributed by atoms with van der Waals surface area (Å²) in [5.74, 6) is -0.0183. The number of carbonyl (C=O) groups is 1. The number of hydrogen-bond acceptors (Lipinski definition) is 4. The molecule has 5 nitrogen and oxygen atoms in total. The molecule has 2 aromatic rings. The van der Waals surface area contributed by atoms with E-state index in [1.807, 2.05) is 4.90 Å². The number of nitrogens with zero attached hydrogens (tertiary/aromatic N) is 3. The Morgan fingerprint density at radius 2 is 1.78 bits per heavy atom. The zero-order chi connectivity index (χ0) is 16.1. The van der Waals surface area contributed by atoms with Gasteiger partial charge in [0, 0.05) is 31.2 Å². The molecule has 1 aromatic heterocycles. The third-order valence-electron chi connectivity index (χ3n) is 3.87. The number of aromatic nitrogens is 2. The number of amides is 1. The second kappa shape index (κ2) is 7.17. The quantitative estimate of drug-likeness (QED) is 0.943. The van der Waals surface area contributed by atoms with Crippen LogP contribution in [0, 0.1) is 5.82 Å². The summed E-state index contributed by atoms with van der Waals surface area (Å²) in [4.78, 5) is 22.6. The van der Waals surface area contributed by atoms with Crippen molar-refractivity contribution in [2.75, 3.05) is 18.4 Å². The highest BCUT2D eigenvalue weighted by Gasteiger charge is 2.17. The number of benzene rings is 1. The van der Waals surface area contributed by atoms with Crippen LogP contribution < -0.4 is 5.32 Å². The first-order chi connectivity index (χ1) is 11.2. The monoisotopic (exact) mass is 314 g/mol. The Balaban J connectivity index is 1.67. The molecule has 1 aromatic carbocycles. The summed E-state index contributed by atoms with van der Waals surface area (Å²) < 4.78 is 13.1. The van der Waals surface area contributed by atoms with E-state index in [2.05, 4.69) is 15.3 Å². The van der Waals surface area contributed by atoms with E-state index in [-0.39, 0.29) is 11.7 Å². The lowest BCUT2D eigenvalue weighted by Crippen LogP contribution is -2.32. The number of nitrogens with one attached hydrogen (secondary N) is 1. The van der Waals surface area contributed by atoms with E-state index in [9.17, 15) is 9.18 Å². The van der Waals surface area contributed by atoms with Crippen LogP contribution in [-0.4, -0.2) is 33.9 Å². The molecule has 2 heterocycles. The van der Waals surface area contributed by atoms with Crippen LogP contribution in [0.3, 0.4) is 0 Å². The number of carbonyl (C=O) groups excluding carboxylic acids is 1. The fraction of sp³-hybridized carbons (Fsp3) is 0.353. The van der Waals surface area contributed by atoms with Crippen LogP contribution in [0.4, 0.5) is 16.0 Å². The van der Waals surface area contributed by atoms with Crippen molar-refractivity contribution in [3.05, 3.63) is 48.0 Å². The van der Waals surface area contributed by atoms with Crippen molar-refractivity contribution in [2.45, 2.75) is 25.7 Å². The molecular formula is C17H19FN4O. The SMILES string of the molecule is O=C(c1cnc(Nc2cccc(F)c2)nc1)N1CCCCCC1. The summed E-state index contributed by atoms with van der Waals surface area (Å²) in [5.41, 5.74) is 1.05. The highest BCUT2D eigenvalue weighted by atomic mass is 19.1. The van der Waals surface area contributed by atoms with Crippen molar-refractivity contribution in [1.29, 1.82) is 0 Å². The van der Waals surface area contributed by atoms with Crippen molar-refractivity contribution in [1.82, 2.24) is 14.9 Å². The van der Waals surface area contributed by atoms with Crippen LogP contribution in [0.5, 0.6) is 0 Å². The lowest BCUT2D eigenvalue weighted by molar-refractivity contribution is 0.0761. The summed E-state index contributed by atoms with van der Waals surface area (Å²) in [6.07, 6.45) is 7.48. The maximum absolute atomic E-state index is 13.1. The molecule has 0 saturated carbocycles. The molecule has 23 heavy (non-hydrogen) atoms. The maximum atomic E-state index is 13.1. The highest BCUT2D eigenvalue weighted by molar-refractivity contribution is 5.93. The Kier molecular flexibility index (Phi) is 4.80. The third kappa shape index (κ3) is 4.03. The van der Waals surface area contributed by atoms with E-state index >= 15 is 0 Å². The molecule has 0 aliphatic carbocycles. The van der Waals surface area contributed by atoms with E-state index in [4.69, 9.17) is 0 Å². The Bertz CT molecular complexity index is 667. The van der Waals surface area contributed by atoms with Gasteiger partial charge in [0.05, 0.1) is 5.56 Å². The van der Waals surface area contributed by atoms with Crippen molar-refractivity contribution in [2.24, 2.45) is 0 Å². The summed E-state index contributed by atoms with van der Waals surface area (Å²) in [7, 11) is 0. The number of rotatable bonds is 3. The highest BCUT2D eigenvalue weighted by Crippen LogP contribution is 2.15. The van der Waals surface area contributed by atoms with E-state index < -0.39 is 0 Å². The third-order valence-corrected chi connectivity index (χ3v) is 3.87. The van der Waals surface area contributed by atoms with Crippen molar-refractivity contribution >= 4 is 17.5 Å². The molecule has 1 saturated heterocycles. The Labute approximate surface area is 134 Å². The van der Waals surface area contributed by atoms with Crippen molar-refractivity contribution < 1.29 is 9.18 Å². The molecule has 1 N–H and O–H groups in total. The van der Waals surface area contributed by atoms with Gasteiger partial charge in [-0.05, 0) is 31.0 Å². The minimum absolute atomic E-state index is 0.0239. The summed E-state index contributed by atoms with van der Waals surface area (Å²) in [5, 5.41) is 2.91. The van der Waals surface area contributed by atoms with Crippen LogP contribution in [0.2, 0.25) is 0 Å². The van der Waals surface area contributed by atoms with Gasteiger partial charge < -0.3 is 10.2 Å². The van der Waals surface area contributed by atoms with Crippen LogP contribution in [0.15, 0.2) is 36.7 Å². The van der Waals surface area contributed by atoms with E-state index in [0.29, 0.717) is 17.2 Å². The van der Waals surface area contributed by atoms with E-state index in [0.717, 1.165) is 25.9 Å². The van der Waals surface area contributed by atoms with Crippen molar-refractivity contribution in [3.8, 4) is 0 Å². The minimum atomic E-state index is -0.331. The zero-order valence-electron chi connectivity index (χ0n) is 12.8. The van der Waals surface area contributed by atoms with Gasteiger partial charge in [-0.3, -0.25) is 4.79 Å². The zero-order valence-corrected chi connectivity index (χ0v) is 12.8. The molecule has 0 radical (unpaired) electrons. The first-order valence-electron chi connectivity index (χ1n) is 7.86. The number of likely N-dealkylation sites (tertiary alicyclic amines) is 1. The molecule has 1 aliphatic rings. The Hall–Kier alpha value is -2.50. The molecule has 6 heteroatoms. The summed E-state index contributed by atoms with van der Waals surface area (Å²) in [6, 6.07) is 6.06. The first kappa shape index (κ1) is 15.4. The fourth-order valence-corrected chi connectivity index (χ4v) is 2.65. The van der Waals surface area contributed by atoms with E-state index in [1.54, 1.807) is 12.1 Å². The molecular weight excluding hydrogens is 295 g/mol. The Morgan fingerprint density at radius 1 is 1.09 bits per heavy atom. The number of hydrogen-bond donors (Lipinski definition) is 1. The lowest BCUT2D eigenvalue weighted by atomic mass is 10.2. The van der Waals surface area contributed by atoms with Gasteiger partial charge in [-0.2, -0.15) is 0 Å². The largest absolute Gasteiger partial charge is 0.339 e. The van der Waals surface area contributed by atoms with Gasteiger partial charge in [0.15, 0.2) is 0 Å². The number of halogens is 1. The van der Waals surface area contributed by atoms with E-state index in [1.165, 1.54) is 37.4 Å². The average Bonchev–Trinajstić information content (AvgIpc) is 2.84. The van der Waals surface area contributed by atoms with Crippen LogP contribution in [0.25, 0.3) is 0 Å². The smallest absolute Gasteiger partial charge is 0.256 e. The molecule has 0 spiro atoms. The van der Waals surface area contributed by atoms with Gasteiger partial charge in [0.25, 0.3) is 5.91 Å². The molecule has 1 amide bonds. The van der Waals surface area contributed by atoms with Gasteiger partial charge in [-0.25, -0.2) is 14.4 Å². The fourth-order valence-electron chi connectivity index (χ4n) is 2.65. The number of anilines is 2. The van der Waals surface area contributed by atoms with Gasteiger partial charge in [0.2, 0.25) is 5.95 Å². The predicted octanol–water partition coefficient (Wildman–Crippen LogP) is 3.38. The molecule has 120 valence electrons. The second-order valence-electron chi connectivity index (χ2n) is 5.64. The molecule has 0 unspecified atom stereocenters. The topological polar surface area (TPSA) is 58.1 Å². The molecule has 1 fully saturated rings. The van der Waals surface area contributed by atoms with Crippen molar-refractivity contribution in [3.63, 3.8) is 0 Å². The summed E-state index contributed by atoms with van der Waals surface area (Å²) in [6.45, 7) is 1.59. The second-order valence-corrected chi connectivity index (χ2v) is 5.64. The molecule has 0 bridgehead atoms. The first-order valence-corrected chi connectivity index (χ1v) is 7.86. The van der Waals surface area contributed by atoms with Gasteiger partial charge >= 0.3 is 0 Å². The molecule has 3 rings (SSSR count).